The maximum Gasteiger partial charge on any atom is 0.332 e. The van der Waals surface area contributed by atoms with Gasteiger partial charge in [-0.3, -0.25) is 14.6 Å². The van der Waals surface area contributed by atoms with E-state index in [4.69, 9.17) is 4.74 Å². The molecule has 2 bridgehead atoms. The first-order valence-corrected chi connectivity index (χ1v) is 10.6. The molecule has 2 aromatic heterocycles. The SMILES string of the molecule is N#Cc1cccc(N2CC(=O)N(C34CCC(Oc5ncnc6[nH]ccc56)(CC3)C4)C2=O)c1. The van der Waals surface area contributed by atoms with Crippen molar-refractivity contribution < 1.29 is 14.3 Å². The molecule has 3 aliphatic rings. The quantitative estimate of drug-likeness (QED) is 0.639. The van der Waals surface area contributed by atoms with Gasteiger partial charge in [0.25, 0.3) is 5.91 Å². The van der Waals surface area contributed by atoms with E-state index in [9.17, 15) is 14.9 Å². The van der Waals surface area contributed by atoms with Crippen LogP contribution in [0.5, 0.6) is 5.88 Å². The van der Waals surface area contributed by atoms with Crippen molar-refractivity contribution >= 4 is 28.7 Å². The average Bonchev–Trinajstić information content (AvgIpc) is 3.56. The van der Waals surface area contributed by atoms with Crippen LogP contribution in [0.3, 0.4) is 0 Å². The summed E-state index contributed by atoms with van der Waals surface area (Å²) in [6, 6.07) is 10.4. The lowest BCUT2D eigenvalue weighted by atomic mass is 9.91. The van der Waals surface area contributed by atoms with Gasteiger partial charge in [0.05, 0.1) is 22.6 Å². The van der Waals surface area contributed by atoms with Gasteiger partial charge in [-0.05, 0) is 49.9 Å². The fraction of sp³-hybridized carbons (Fsp3) is 0.348. The van der Waals surface area contributed by atoms with E-state index in [1.807, 2.05) is 6.07 Å². The molecule has 3 amide bonds. The van der Waals surface area contributed by atoms with Gasteiger partial charge in [-0.15, -0.1) is 0 Å². The fourth-order valence-corrected chi connectivity index (χ4v) is 5.61. The molecule has 9 heteroatoms. The number of benzene rings is 1. The first-order valence-electron chi connectivity index (χ1n) is 10.6. The minimum Gasteiger partial charge on any atom is -0.470 e. The molecule has 1 aromatic carbocycles. The molecule has 0 spiro atoms. The number of nitriles is 1. The minimum absolute atomic E-state index is 0.0147. The van der Waals surface area contributed by atoms with Crippen LogP contribution < -0.4 is 9.64 Å². The highest BCUT2D eigenvalue weighted by Gasteiger charge is 2.63. The van der Waals surface area contributed by atoms with Crippen LogP contribution in [0.15, 0.2) is 42.9 Å². The number of aromatic nitrogens is 3. The van der Waals surface area contributed by atoms with Crippen LogP contribution >= 0.6 is 0 Å². The molecule has 0 radical (unpaired) electrons. The van der Waals surface area contributed by atoms with E-state index in [0.29, 0.717) is 42.0 Å². The largest absolute Gasteiger partial charge is 0.470 e. The molecule has 32 heavy (non-hydrogen) atoms. The predicted molar refractivity (Wildman–Crippen MR) is 114 cm³/mol. The van der Waals surface area contributed by atoms with Crippen LogP contribution in [0.25, 0.3) is 11.0 Å². The van der Waals surface area contributed by atoms with Crippen molar-refractivity contribution in [2.24, 2.45) is 0 Å². The maximum atomic E-state index is 13.4. The van der Waals surface area contributed by atoms with E-state index < -0.39 is 11.1 Å². The number of nitrogens with one attached hydrogen (secondary N) is 1. The second-order valence-corrected chi connectivity index (χ2v) is 8.86. The van der Waals surface area contributed by atoms with Crippen molar-refractivity contribution in [3.8, 4) is 11.9 Å². The Balaban J connectivity index is 1.27. The number of fused-ring (bicyclic) bond motifs is 3. The van der Waals surface area contributed by atoms with Gasteiger partial charge in [-0.1, -0.05) is 6.07 Å². The third-order valence-electron chi connectivity index (χ3n) is 7.10. The molecule has 0 unspecified atom stereocenters. The number of carbonyl (C=O) groups excluding carboxylic acids is 2. The van der Waals surface area contributed by atoms with Crippen LogP contribution in [0.2, 0.25) is 0 Å². The zero-order valence-electron chi connectivity index (χ0n) is 17.2. The molecule has 9 nitrogen and oxygen atoms in total. The molecule has 1 N–H and O–H groups in total. The van der Waals surface area contributed by atoms with Gasteiger partial charge in [0.1, 0.15) is 24.1 Å². The highest BCUT2D eigenvalue weighted by molar-refractivity contribution is 6.13. The summed E-state index contributed by atoms with van der Waals surface area (Å²) in [5, 5.41) is 10.0. The number of hydrogen-bond donors (Lipinski definition) is 1. The third kappa shape index (κ3) is 2.62. The summed E-state index contributed by atoms with van der Waals surface area (Å²) in [6.07, 6.45) is 6.79. The van der Waals surface area contributed by atoms with Gasteiger partial charge in [-0.2, -0.15) is 5.26 Å². The molecule has 3 aromatic rings. The smallest absolute Gasteiger partial charge is 0.332 e. The maximum absolute atomic E-state index is 13.4. The second-order valence-electron chi connectivity index (χ2n) is 8.86. The Labute approximate surface area is 183 Å². The van der Waals surface area contributed by atoms with Gasteiger partial charge < -0.3 is 9.72 Å². The Kier molecular flexibility index (Phi) is 3.84. The standard InChI is InChI=1S/C23H20N6O3/c24-11-15-2-1-3-16(10-15)28-12-18(30)29(21(28)31)22-5-7-23(13-22,8-6-22)32-20-17-4-9-25-19(17)26-14-27-20/h1-4,9-10,14H,5-8,12-13H2,(H,25,26,27). The van der Waals surface area contributed by atoms with Crippen molar-refractivity contribution in [2.75, 3.05) is 11.4 Å². The number of rotatable bonds is 4. The molecule has 2 aliphatic carbocycles. The molecule has 3 fully saturated rings. The number of carbonyl (C=O) groups is 2. The number of aromatic amines is 1. The van der Waals surface area contributed by atoms with Crippen molar-refractivity contribution in [3.05, 3.63) is 48.4 Å². The second kappa shape index (κ2) is 6.53. The Morgan fingerprint density at radius 2 is 1.97 bits per heavy atom. The molecule has 1 saturated heterocycles. The van der Waals surface area contributed by atoms with Crippen LogP contribution in [-0.4, -0.2) is 49.5 Å². The van der Waals surface area contributed by atoms with Crippen molar-refractivity contribution in [1.29, 1.82) is 5.26 Å². The van der Waals surface area contributed by atoms with Crippen molar-refractivity contribution in [3.63, 3.8) is 0 Å². The summed E-state index contributed by atoms with van der Waals surface area (Å²) in [6.45, 7) is -0.0147. The molecule has 3 heterocycles. The topological polar surface area (TPSA) is 115 Å². The van der Waals surface area contributed by atoms with Gasteiger partial charge in [0, 0.05) is 18.3 Å². The average molecular weight is 428 g/mol. The fourth-order valence-electron chi connectivity index (χ4n) is 5.61. The van der Waals surface area contributed by atoms with Crippen LogP contribution in [-0.2, 0) is 4.79 Å². The van der Waals surface area contributed by atoms with E-state index in [-0.39, 0.29) is 18.5 Å². The Morgan fingerprint density at radius 3 is 2.78 bits per heavy atom. The number of nitrogens with zero attached hydrogens (tertiary/aromatic N) is 5. The lowest BCUT2D eigenvalue weighted by Crippen LogP contribution is -2.49. The van der Waals surface area contributed by atoms with Gasteiger partial charge >= 0.3 is 6.03 Å². The van der Waals surface area contributed by atoms with Gasteiger partial charge in [0.15, 0.2) is 0 Å². The molecule has 1 aliphatic heterocycles. The number of ether oxygens (including phenoxy) is 1. The molecular formula is C23H20N6O3. The number of hydrogen-bond acceptors (Lipinski definition) is 6. The number of amides is 3. The van der Waals surface area contributed by atoms with Crippen LogP contribution in [0, 0.1) is 11.3 Å². The summed E-state index contributed by atoms with van der Waals surface area (Å²) < 4.78 is 6.45. The Hall–Kier alpha value is -3.93. The van der Waals surface area contributed by atoms with E-state index >= 15 is 0 Å². The van der Waals surface area contributed by atoms with E-state index in [1.54, 1.807) is 30.5 Å². The van der Waals surface area contributed by atoms with E-state index in [1.165, 1.54) is 16.1 Å². The number of H-pyrrole nitrogens is 1. The Bertz CT molecular complexity index is 1300. The predicted octanol–water partition coefficient (Wildman–Crippen LogP) is 3.13. The summed E-state index contributed by atoms with van der Waals surface area (Å²) in [5.41, 5.74) is 0.742. The van der Waals surface area contributed by atoms with E-state index in [2.05, 4.69) is 21.0 Å². The lowest BCUT2D eigenvalue weighted by Gasteiger charge is -2.34. The summed E-state index contributed by atoms with van der Waals surface area (Å²) in [5.74, 6) is 0.327. The Morgan fingerprint density at radius 1 is 1.12 bits per heavy atom. The summed E-state index contributed by atoms with van der Waals surface area (Å²) in [7, 11) is 0. The van der Waals surface area contributed by atoms with Crippen LogP contribution in [0.4, 0.5) is 10.5 Å². The van der Waals surface area contributed by atoms with E-state index in [0.717, 1.165) is 18.2 Å². The number of urea groups is 1. The first kappa shape index (κ1) is 18.8. The minimum atomic E-state index is -0.542. The highest BCUT2D eigenvalue weighted by Crippen LogP contribution is 2.56. The highest BCUT2D eigenvalue weighted by atomic mass is 16.5. The number of anilines is 1. The van der Waals surface area contributed by atoms with Gasteiger partial charge in [0.2, 0.25) is 5.88 Å². The van der Waals surface area contributed by atoms with Crippen molar-refractivity contribution in [1.82, 2.24) is 19.9 Å². The molecule has 0 atom stereocenters. The normalized spacial score (nSPS) is 26.8. The third-order valence-corrected chi connectivity index (χ3v) is 7.10. The zero-order valence-corrected chi connectivity index (χ0v) is 17.2. The molecule has 160 valence electrons. The summed E-state index contributed by atoms with van der Waals surface area (Å²) >= 11 is 0. The van der Waals surface area contributed by atoms with Crippen molar-refractivity contribution in [2.45, 2.75) is 43.2 Å². The van der Waals surface area contributed by atoms with Crippen LogP contribution in [0.1, 0.15) is 37.7 Å². The molecule has 2 saturated carbocycles. The molecule has 6 rings (SSSR count). The zero-order chi connectivity index (χ0) is 21.9. The monoisotopic (exact) mass is 428 g/mol. The lowest BCUT2D eigenvalue weighted by molar-refractivity contribution is -0.129. The van der Waals surface area contributed by atoms with Gasteiger partial charge in [-0.25, -0.2) is 14.8 Å². The summed E-state index contributed by atoms with van der Waals surface area (Å²) in [4.78, 5) is 40.9. The first-order chi connectivity index (χ1) is 15.5. The number of imide groups is 1. The molecular weight excluding hydrogens is 408 g/mol.